The molecule has 1 N–H and O–H groups in total. The van der Waals surface area contributed by atoms with Crippen LogP contribution in [-0.4, -0.2) is 29.2 Å². The van der Waals surface area contributed by atoms with Crippen LogP contribution in [0.15, 0.2) is 27.6 Å². The lowest BCUT2D eigenvalue weighted by atomic mass is 9.44. The molecule has 1 saturated heterocycles. The highest BCUT2D eigenvalue weighted by molar-refractivity contribution is 5.62. The Kier molecular flexibility index (Phi) is 3.68. The first-order chi connectivity index (χ1) is 13.9. The quantitative estimate of drug-likeness (QED) is 0.610. The summed E-state index contributed by atoms with van der Waals surface area (Å²) in [4.78, 5) is 24.0. The monoisotopic (exact) mass is 398 g/mol. The van der Waals surface area contributed by atoms with Gasteiger partial charge in [0, 0.05) is 16.9 Å². The number of hydrogen-bond acceptors (Lipinski definition) is 5. The fourth-order valence-corrected chi connectivity index (χ4v) is 8.66. The van der Waals surface area contributed by atoms with Gasteiger partial charge in [-0.2, -0.15) is 0 Å². The molecular weight excluding hydrogens is 368 g/mol. The highest BCUT2D eigenvalue weighted by Crippen LogP contribution is 2.77. The van der Waals surface area contributed by atoms with Gasteiger partial charge in [0.05, 0.1) is 18.5 Å². The highest BCUT2D eigenvalue weighted by atomic mass is 16.6. The van der Waals surface area contributed by atoms with Crippen LogP contribution in [0.25, 0.3) is 0 Å². The first-order valence-corrected chi connectivity index (χ1v) is 11.4. The molecule has 0 amide bonds. The van der Waals surface area contributed by atoms with Gasteiger partial charge in [0.2, 0.25) is 0 Å². The molecule has 0 radical (unpaired) electrons. The van der Waals surface area contributed by atoms with Crippen LogP contribution in [0.3, 0.4) is 0 Å². The Bertz CT molecular complexity index is 888. The second-order valence-corrected chi connectivity index (χ2v) is 10.7. The van der Waals surface area contributed by atoms with Crippen molar-refractivity contribution in [2.45, 2.75) is 82.0 Å². The molecule has 5 fully saturated rings. The van der Waals surface area contributed by atoms with Crippen LogP contribution in [0, 0.1) is 28.6 Å². The fraction of sp³-hybridized carbons (Fsp3) is 0.750. The summed E-state index contributed by atoms with van der Waals surface area (Å²) in [5.74, 6) is 1.45. The number of fused-ring (bicyclic) bond motifs is 3. The second-order valence-electron chi connectivity index (χ2n) is 10.7. The summed E-state index contributed by atoms with van der Waals surface area (Å²) in [6.07, 6.45) is 10.5. The normalized spacial score (nSPS) is 52.6. The third-order valence-electron chi connectivity index (χ3n) is 9.97. The number of rotatable bonds is 2. The summed E-state index contributed by atoms with van der Waals surface area (Å²) in [6, 6.07) is 3.46. The van der Waals surface area contributed by atoms with Gasteiger partial charge in [0.25, 0.3) is 0 Å². The number of carbonyl (C=O) groups excluding carboxylic acids is 1. The van der Waals surface area contributed by atoms with Crippen LogP contribution in [-0.2, 0) is 9.53 Å². The molecule has 5 nitrogen and oxygen atoms in total. The van der Waals surface area contributed by atoms with Crippen molar-refractivity contribution >= 4 is 6.29 Å². The molecule has 4 aliphatic carbocycles. The van der Waals surface area contributed by atoms with E-state index >= 15 is 0 Å². The number of aliphatic hydroxyl groups excluding tert-OH is 1. The minimum absolute atomic E-state index is 0.0177. The van der Waals surface area contributed by atoms with Gasteiger partial charge >= 0.3 is 5.63 Å². The summed E-state index contributed by atoms with van der Waals surface area (Å²) in [5, 5.41) is 10.2. The standard InChI is InChI=1S/C24H30O5/c1-22-8-7-17-18(4-3-15-10-16(26)6-9-23(15,17)13-25)24(22)20(29-24)11-19(22)14-2-5-21(27)28-12-14/h2,5,12-13,15-20,26H,3-4,6-11H2,1H3/t15-,16+,17-,18-,19-,20-,22-,23-,24-/m0/s1. The molecule has 156 valence electrons. The first kappa shape index (κ1) is 18.3. The molecule has 5 aliphatic rings. The Labute approximate surface area is 170 Å². The number of aliphatic hydroxyl groups is 1. The van der Waals surface area contributed by atoms with Gasteiger partial charge in [0.15, 0.2) is 0 Å². The topological polar surface area (TPSA) is 80.0 Å². The molecule has 4 saturated carbocycles. The van der Waals surface area contributed by atoms with Gasteiger partial charge < -0.3 is 19.1 Å². The zero-order chi connectivity index (χ0) is 20.0. The van der Waals surface area contributed by atoms with Gasteiger partial charge in [-0.1, -0.05) is 6.92 Å². The number of aldehydes is 1. The molecule has 2 heterocycles. The van der Waals surface area contributed by atoms with Gasteiger partial charge in [-0.05, 0) is 86.7 Å². The molecule has 9 atom stereocenters. The molecule has 0 aromatic carbocycles. The van der Waals surface area contributed by atoms with Gasteiger partial charge in [0.1, 0.15) is 11.9 Å². The molecule has 5 heteroatoms. The third kappa shape index (κ3) is 2.13. The maximum atomic E-state index is 12.5. The molecule has 0 bridgehead atoms. The number of ether oxygens (including phenoxy) is 1. The van der Waals surface area contributed by atoms with E-state index in [4.69, 9.17) is 9.15 Å². The van der Waals surface area contributed by atoms with E-state index in [-0.39, 0.29) is 34.3 Å². The number of carbonyl (C=O) groups is 1. The van der Waals surface area contributed by atoms with Crippen molar-refractivity contribution in [2.24, 2.45) is 28.6 Å². The van der Waals surface area contributed by atoms with E-state index in [0.717, 1.165) is 56.9 Å². The van der Waals surface area contributed by atoms with Crippen molar-refractivity contribution in [2.75, 3.05) is 0 Å². The Morgan fingerprint density at radius 3 is 2.72 bits per heavy atom. The second kappa shape index (κ2) is 5.82. The summed E-state index contributed by atoms with van der Waals surface area (Å²) < 4.78 is 11.7. The third-order valence-corrected chi connectivity index (χ3v) is 9.97. The Morgan fingerprint density at radius 1 is 1.10 bits per heavy atom. The lowest BCUT2D eigenvalue weighted by Gasteiger charge is -2.60. The lowest BCUT2D eigenvalue weighted by molar-refractivity contribution is -0.158. The maximum Gasteiger partial charge on any atom is 0.335 e. The van der Waals surface area contributed by atoms with Crippen molar-refractivity contribution in [1.29, 1.82) is 0 Å². The van der Waals surface area contributed by atoms with E-state index in [2.05, 4.69) is 6.92 Å². The Balaban J connectivity index is 1.37. The van der Waals surface area contributed by atoms with Crippen LogP contribution in [0.4, 0.5) is 0 Å². The van der Waals surface area contributed by atoms with E-state index in [9.17, 15) is 14.7 Å². The Hall–Kier alpha value is -1.46. The molecule has 0 unspecified atom stereocenters. The van der Waals surface area contributed by atoms with Crippen LogP contribution >= 0.6 is 0 Å². The zero-order valence-corrected chi connectivity index (χ0v) is 17.0. The summed E-state index contributed by atoms with van der Waals surface area (Å²) in [5.41, 5.74) is 0.423. The van der Waals surface area contributed by atoms with Gasteiger partial charge in [-0.3, -0.25) is 0 Å². The van der Waals surface area contributed by atoms with Crippen LogP contribution in [0.5, 0.6) is 0 Å². The maximum absolute atomic E-state index is 12.5. The minimum Gasteiger partial charge on any atom is -0.431 e. The van der Waals surface area contributed by atoms with E-state index in [1.807, 2.05) is 6.07 Å². The molecule has 1 aromatic rings. The van der Waals surface area contributed by atoms with Crippen molar-refractivity contribution in [3.8, 4) is 0 Å². The van der Waals surface area contributed by atoms with E-state index < -0.39 is 0 Å². The molecule has 6 rings (SSSR count). The number of epoxide rings is 1. The average molecular weight is 398 g/mol. The van der Waals surface area contributed by atoms with Crippen molar-refractivity contribution in [3.05, 3.63) is 34.4 Å². The molecule has 1 aromatic heterocycles. The predicted molar refractivity (Wildman–Crippen MR) is 105 cm³/mol. The van der Waals surface area contributed by atoms with Crippen molar-refractivity contribution in [1.82, 2.24) is 0 Å². The predicted octanol–water partition coefficient (Wildman–Crippen LogP) is 3.44. The van der Waals surface area contributed by atoms with E-state index in [0.29, 0.717) is 23.7 Å². The SMILES string of the molecule is C[C@@]12CC[C@H]3[C@H](CC[C@H]4C[C@H](O)CC[C@]43C=O)[C@@]13O[C@H]3C[C@H]2c1ccc(=O)oc1. The van der Waals surface area contributed by atoms with Crippen LogP contribution in [0.2, 0.25) is 0 Å². The summed E-state index contributed by atoms with van der Waals surface area (Å²) >= 11 is 0. The fourth-order valence-electron chi connectivity index (χ4n) is 8.66. The first-order valence-electron chi connectivity index (χ1n) is 11.4. The summed E-state index contributed by atoms with van der Waals surface area (Å²) in [6.45, 7) is 2.37. The van der Waals surface area contributed by atoms with Crippen LogP contribution in [0.1, 0.15) is 69.8 Å². The van der Waals surface area contributed by atoms with Crippen molar-refractivity contribution in [3.63, 3.8) is 0 Å². The molecule has 1 spiro atoms. The van der Waals surface area contributed by atoms with E-state index in [1.54, 1.807) is 6.26 Å². The van der Waals surface area contributed by atoms with Gasteiger partial charge in [-0.15, -0.1) is 0 Å². The highest BCUT2D eigenvalue weighted by Gasteiger charge is 2.80. The average Bonchev–Trinajstić information content (AvgIpc) is 3.38. The van der Waals surface area contributed by atoms with Gasteiger partial charge in [-0.25, -0.2) is 4.79 Å². The number of hydrogen-bond donors (Lipinski definition) is 1. The molecule has 29 heavy (non-hydrogen) atoms. The van der Waals surface area contributed by atoms with Crippen LogP contribution < -0.4 is 5.63 Å². The van der Waals surface area contributed by atoms with E-state index in [1.165, 1.54) is 12.4 Å². The Morgan fingerprint density at radius 2 is 1.97 bits per heavy atom. The smallest absolute Gasteiger partial charge is 0.335 e. The largest absolute Gasteiger partial charge is 0.431 e. The zero-order valence-electron chi connectivity index (χ0n) is 17.0. The summed E-state index contributed by atoms with van der Waals surface area (Å²) in [7, 11) is 0. The molecule has 1 aliphatic heterocycles. The lowest BCUT2D eigenvalue weighted by Crippen LogP contribution is -2.59. The van der Waals surface area contributed by atoms with Crippen molar-refractivity contribution < 1.29 is 19.1 Å². The molecular formula is C24H30O5. The minimum atomic E-state index is -0.303.